The molecule has 2 aliphatic rings. The molecule has 0 amide bonds. The van der Waals surface area contributed by atoms with Crippen molar-refractivity contribution in [2.75, 3.05) is 20.2 Å². The van der Waals surface area contributed by atoms with Gasteiger partial charge < -0.3 is 19.4 Å². The number of rotatable bonds is 3. The van der Waals surface area contributed by atoms with Crippen molar-refractivity contribution in [3.05, 3.63) is 59.3 Å². The number of hydrogen-bond donors (Lipinski definition) is 1. The molecule has 0 bridgehead atoms. The molecule has 0 spiro atoms. The van der Waals surface area contributed by atoms with Gasteiger partial charge in [-0.25, -0.2) is 0 Å². The van der Waals surface area contributed by atoms with Crippen molar-refractivity contribution in [2.45, 2.75) is 31.9 Å². The number of aromatic nitrogens is 1. The quantitative estimate of drug-likeness (QED) is 0.788. The summed E-state index contributed by atoms with van der Waals surface area (Å²) in [4.78, 5) is 0. The summed E-state index contributed by atoms with van der Waals surface area (Å²) < 4.78 is 14.4. The highest BCUT2D eigenvalue weighted by Crippen LogP contribution is 2.36. The maximum Gasteiger partial charge on any atom is 0.161 e. The van der Waals surface area contributed by atoms with Crippen molar-refractivity contribution in [3.8, 4) is 11.5 Å². The third-order valence-corrected chi connectivity index (χ3v) is 5.68. The molecule has 4 nitrogen and oxygen atoms in total. The molecule has 0 fully saturated rings. The number of ether oxygens (including phenoxy) is 2. The number of fused-ring (bicyclic) bond motifs is 3. The Labute approximate surface area is 153 Å². The SMILES string of the molecule is COc1ccccc1OC1Cc2cccc3c4c(n(c23)C1)CCNCC4. The first-order valence-electron chi connectivity index (χ1n) is 9.47. The lowest BCUT2D eigenvalue weighted by atomic mass is 10.00. The van der Waals surface area contributed by atoms with E-state index in [9.17, 15) is 0 Å². The second-order valence-electron chi connectivity index (χ2n) is 7.19. The van der Waals surface area contributed by atoms with Crippen LogP contribution in [0.4, 0.5) is 0 Å². The minimum absolute atomic E-state index is 0.122. The highest BCUT2D eigenvalue weighted by molar-refractivity contribution is 5.89. The van der Waals surface area contributed by atoms with E-state index >= 15 is 0 Å². The normalized spacial score (nSPS) is 19.0. The van der Waals surface area contributed by atoms with E-state index < -0.39 is 0 Å². The number of nitrogens with zero attached hydrogens (tertiary/aromatic N) is 1. The summed E-state index contributed by atoms with van der Waals surface area (Å²) in [5.74, 6) is 1.63. The first-order valence-corrected chi connectivity index (χ1v) is 9.47. The molecule has 3 heterocycles. The van der Waals surface area contributed by atoms with E-state index in [-0.39, 0.29) is 6.10 Å². The van der Waals surface area contributed by atoms with E-state index in [1.165, 1.54) is 27.7 Å². The fourth-order valence-corrected chi connectivity index (χ4v) is 4.57. The van der Waals surface area contributed by atoms with Crippen LogP contribution in [0.3, 0.4) is 0 Å². The van der Waals surface area contributed by atoms with Gasteiger partial charge in [0.15, 0.2) is 11.5 Å². The summed E-state index contributed by atoms with van der Waals surface area (Å²) >= 11 is 0. The number of nitrogens with one attached hydrogen (secondary N) is 1. The second kappa shape index (κ2) is 6.36. The third kappa shape index (κ3) is 2.48. The Hall–Kier alpha value is -2.46. The largest absolute Gasteiger partial charge is 0.493 e. The van der Waals surface area contributed by atoms with Crippen LogP contribution >= 0.6 is 0 Å². The molecular formula is C22H24N2O2. The standard InChI is InChI=1S/C22H24N2O2/c1-25-20-7-2-3-8-21(20)26-16-13-15-5-4-6-18-17-9-11-23-12-10-19(17)24(14-16)22(15)18/h2-8,16,23H,9-14H2,1H3. The summed E-state index contributed by atoms with van der Waals surface area (Å²) in [6, 6.07) is 14.7. The van der Waals surface area contributed by atoms with Gasteiger partial charge in [-0.05, 0) is 36.2 Å². The maximum atomic E-state index is 6.40. The third-order valence-electron chi connectivity index (χ3n) is 5.68. The van der Waals surface area contributed by atoms with Gasteiger partial charge in [-0.1, -0.05) is 30.3 Å². The van der Waals surface area contributed by atoms with Gasteiger partial charge >= 0.3 is 0 Å². The Balaban J connectivity index is 1.55. The first-order chi connectivity index (χ1) is 12.8. The highest BCUT2D eigenvalue weighted by Gasteiger charge is 2.28. The van der Waals surface area contributed by atoms with Crippen LogP contribution in [0.25, 0.3) is 10.9 Å². The molecule has 26 heavy (non-hydrogen) atoms. The summed E-state index contributed by atoms with van der Waals surface area (Å²) in [5.41, 5.74) is 5.85. The van der Waals surface area contributed by atoms with Crippen LogP contribution in [0.1, 0.15) is 16.8 Å². The van der Waals surface area contributed by atoms with Crippen molar-refractivity contribution in [2.24, 2.45) is 0 Å². The Morgan fingerprint density at radius 1 is 1.00 bits per heavy atom. The minimum atomic E-state index is 0.122. The topological polar surface area (TPSA) is 35.4 Å². The Morgan fingerprint density at radius 2 is 1.85 bits per heavy atom. The van der Waals surface area contributed by atoms with Crippen molar-refractivity contribution in [3.63, 3.8) is 0 Å². The van der Waals surface area contributed by atoms with E-state index in [0.29, 0.717) is 0 Å². The first kappa shape index (κ1) is 15.8. The average Bonchev–Trinajstić information content (AvgIpc) is 2.84. The fraction of sp³-hybridized carbons (Fsp3) is 0.364. The van der Waals surface area contributed by atoms with Gasteiger partial charge in [0.05, 0.1) is 19.2 Å². The van der Waals surface area contributed by atoms with Crippen LogP contribution in [-0.4, -0.2) is 30.9 Å². The summed E-state index contributed by atoms with van der Waals surface area (Å²) in [6.07, 6.45) is 3.26. The van der Waals surface area contributed by atoms with E-state index in [0.717, 1.165) is 50.4 Å². The molecule has 0 aliphatic carbocycles. The van der Waals surface area contributed by atoms with Gasteiger partial charge in [-0.2, -0.15) is 0 Å². The maximum absolute atomic E-state index is 6.40. The van der Waals surface area contributed by atoms with Crippen LogP contribution in [0, 0.1) is 0 Å². The van der Waals surface area contributed by atoms with Gasteiger partial charge in [0.1, 0.15) is 6.10 Å². The average molecular weight is 348 g/mol. The van der Waals surface area contributed by atoms with Gasteiger partial charge in [0, 0.05) is 30.5 Å². The van der Waals surface area contributed by atoms with Crippen molar-refractivity contribution in [1.29, 1.82) is 0 Å². The molecule has 3 aromatic rings. The molecule has 1 aromatic heterocycles. The molecule has 0 saturated carbocycles. The van der Waals surface area contributed by atoms with Gasteiger partial charge in [0.2, 0.25) is 0 Å². The van der Waals surface area contributed by atoms with Gasteiger partial charge in [-0.3, -0.25) is 0 Å². The highest BCUT2D eigenvalue weighted by atomic mass is 16.5. The zero-order valence-electron chi connectivity index (χ0n) is 15.1. The van der Waals surface area contributed by atoms with Crippen molar-refractivity contribution < 1.29 is 9.47 Å². The molecule has 2 aliphatic heterocycles. The molecule has 1 N–H and O–H groups in total. The molecule has 0 saturated heterocycles. The molecule has 1 atom stereocenters. The van der Waals surface area contributed by atoms with Crippen LogP contribution in [0.15, 0.2) is 42.5 Å². The number of methoxy groups -OCH3 is 1. The fourth-order valence-electron chi connectivity index (χ4n) is 4.57. The molecule has 4 heteroatoms. The monoisotopic (exact) mass is 348 g/mol. The summed E-state index contributed by atoms with van der Waals surface area (Å²) in [6.45, 7) is 3.02. The number of hydrogen-bond acceptors (Lipinski definition) is 3. The van der Waals surface area contributed by atoms with Gasteiger partial charge in [-0.15, -0.1) is 0 Å². The van der Waals surface area contributed by atoms with Gasteiger partial charge in [0.25, 0.3) is 0 Å². The molecule has 1 unspecified atom stereocenters. The van der Waals surface area contributed by atoms with Crippen LogP contribution in [-0.2, 0) is 25.8 Å². The molecule has 0 radical (unpaired) electrons. The molecule has 134 valence electrons. The van der Waals surface area contributed by atoms with Crippen LogP contribution < -0.4 is 14.8 Å². The lowest BCUT2D eigenvalue weighted by molar-refractivity contribution is 0.169. The van der Waals surface area contributed by atoms with E-state index in [1.807, 2.05) is 24.3 Å². The predicted molar refractivity (Wildman–Crippen MR) is 103 cm³/mol. The van der Waals surface area contributed by atoms with E-state index in [2.05, 4.69) is 28.1 Å². The summed E-state index contributed by atoms with van der Waals surface area (Å²) in [5, 5.41) is 4.98. The Kier molecular flexibility index (Phi) is 3.86. The zero-order valence-corrected chi connectivity index (χ0v) is 15.1. The predicted octanol–water partition coefficient (Wildman–Crippen LogP) is 3.34. The van der Waals surface area contributed by atoms with Crippen LogP contribution in [0.5, 0.6) is 11.5 Å². The van der Waals surface area contributed by atoms with Crippen LogP contribution in [0.2, 0.25) is 0 Å². The molecule has 5 rings (SSSR count). The number of para-hydroxylation sites is 3. The minimum Gasteiger partial charge on any atom is -0.493 e. The Morgan fingerprint density at radius 3 is 2.73 bits per heavy atom. The zero-order chi connectivity index (χ0) is 17.5. The van der Waals surface area contributed by atoms with E-state index in [4.69, 9.17) is 9.47 Å². The van der Waals surface area contributed by atoms with Crippen molar-refractivity contribution in [1.82, 2.24) is 9.88 Å². The lowest BCUT2D eigenvalue weighted by Gasteiger charge is -2.27. The Bertz CT molecular complexity index is 960. The van der Waals surface area contributed by atoms with Crippen molar-refractivity contribution >= 4 is 10.9 Å². The smallest absolute Gasteiger partial charge is 0.161 e. The van der Waals surface area contributed by atoms with E-state index in [1.54, 1.807) is 7.11 Å². The lowest BCUT2D eigenvalue weighted by Crippen LogP contribution is -2.30. The summed E-state index contributed by atoms with van der Waals surface area (Å²) in [7, 11) is 1.70. The molecule has 2 aromatic carbocycles. The second-order valence-corrected chi connectivity index (χ2v) is 7.19. The number of benzene rings is 2. The molecular weight excluding hydrogens is 324 g/mol.